The molecule has 0 aromatic rings. The molecule has 0 aromatic heterocycles. The van der Waals surface area contributed by atoms with Gasteiger partial charge in [0, 0.05) is 6.54 Å². The van der Waals surface area contributed by atoms with Gasteiger partial charge < -0.3 is 5.11 Å². The summed E-state index contributed by atoms with van der Waals surface area (Å²) in [6, 6.07) is 0. The number of rotatable bonds is 4. The molecule has 4 nitrogen and oxygen atoms in total. The van der Waals surface area contributed by atoms with Gasteiger partial charge in [-0.1, -0.05) is 32.9 Å². The SMILES string of the molecule is CCCN(N=N)/C(O)=C(\C)C(C)(C)C. The van der Waals surface area contributed by atoms with E-state index in [4.69, 9.17) is 5.53 Å². The van der Waals surface area contributed by atoms with Gasteiger partial charge in [-0.05, 0) is 24.3 Å². The molecule has 0 heterocycles. The van der Waals surface area contributed by atoms with Gasteiger partial charge in [0.05, 0.1) is 0 Å². The van der Waals surface area contributed by atoms with Crippen molar-refractivity contribution < 1.29 is 5.11 Å². The molecule has 82 valence electrons. The van der Waals surface area contributed by atoms with Crippen molar-refractivity contribution in [2.75, 3.05) is 6.54 Å². The van der Waals surface area contributed by atoms with Gasteiger partial charge in [-0.25, -0.2) is 5.01 Å². The van der Waals surface area contributed by atoms with Crippen molar-refractivity contribution in [3.8, 4) is 0 Å². The van der Waals surface area contributed by atoms with E-state index in [0.717, 1.165) is 12.0 Å². The number of hydrogen-bond donors (Lipinski definition) is 2. The topological polar surface area (TPSA) is 59.7 Å². The first kappa shape index (κ1) is 12.9. The Labute approximate surface area is 86.1 Å². The Bertz CT molecular complexity index is 228. The summed E-state index contributed by atoms with van der Waals surface area (Å²) in [6.45, 7) is 10.5. The fourth-order valence-electron chi connectivity index (χ4n) is 0.944. The van der Waals surface area contributed by atoms with Gasteiger partial charge in [0.25, 0.3) is 0 Å². The van der Waals surface area contributed by atoms with Crippen LogP contribution in [0.3, 0.4) is 0 Å². The Kier molecular flexibility index (Phi) is 4.60. The summed E-state index contributed by atoms with van der Waals surface area (Å²) in [7, 11) is 0. The molecule has 0 fully saturated rings. The minimum Gasteiger partial charge on any atom is -0.493 e. The highest BCUT2D eigenvalue weighted by Crippen LogP contribution is 2.27. The third kappa shape index (κ3) is 3.36. The molecule has 0 atom stereocenters. The third-order valence-electron chi connectivity index (χ3n) is 2.26. The number of allylic oxidation sites excluding steroid dienone is 1. The van der Waals surface area contributed by atoms with E-state index in [-0.39, 0.29) is 11.3 Å². The molecule has 0 bridgehead atoms. The highest BCUT2D eigenvalue weighted by atomic mass is 16.3. The third-order valence-corrected chi connectivity index (χ3v) is 2.26. The molecule has 0 amide bonds. The van der Waals surface area contributed by atoms with Gasteiger partial charge in [-0.2, -0.15) is 5.53 Å². The van der Waals surface area contributed by atoms with E-state index in [1.165, 1.54) is 5.01 Å². The van der Waals surface area contributed by atoms with E-state index in [1.54, 1.807) is 0 Å². The molecule has 0 aliphatic heterocycles. The van der Waals surface area contributed by atoms with Crippen LogP contribution in [0.25, 0.3) is 0 Å². The summed E-state index contributed by atoms with van der Waals surface area (Å²) < 4.78 is 0. The fraction of sp³-hybridized carbons (Fsp3) is 0.800. The summed E-state index contributed by atoms with van der Waals surface area (Å²) in [5, 5.41) is 14.4. The van der Waals surface area contributed by atoms with Gasteiger partial charge in [-0.3, -0.25) is 0 Å². The maximum atomic E-state index is 9.84. The number of aliphatic hydroxyl groups is 1. The van der Waals surface area contributed by atoms with E-state index in [9.17, 15) is 5.11 Å². The molecule has 0 saturated heterocycles. The lowest BCUT2D eigenvalue weighted by Gasteiger charge is -2.24. The maximum absolute atomic E-state index is 9.84. The number of nitrogens with one attached hydrogen (secondary N) is 1. The van der Waals surface area contributed by atoms with Crippen molar-refractivity contribution in [3.63, 3.8) is 0 Å². The standard InChI is InChI=1S/C10H21N3O/c1-6-7-13(12-11)9(14)8(2)10(3,4)5/h11,14H,6-7H2,1-5H3/b9-8-,12-11?. The second kappa shape index (κ2) is 4.98. The van der Waals surface area contributed by atoms with E-state index < -0.39 is 0 Å². The van der Waals surface area contributed by atoms with Gasteiger partial charge in [-0.15, -0.1) is 0 Å². The van der Waals surface area contributed by atoms with Gasteiger partial charge in [0.15, 0.2) is 0 Å². The Morgan fingerprint density at radius 1 is 1.43 bits per heavy atom. The van der Waals surface area contributed by atoms with Crippen molar-refractivity contribution >= 4 is 0 Å². The Hall–Kier alpha value is -1.06. The first-order valence-corrected chi connectivity index (χ1v) is 4.89. The highest BCUT2D eigenvalue weighted by Gasteiger charge is 2.20. The summed E-state index contributed by atoms with van der Waals surface area (Å²) in [6.07, 6.45) is 0.851. The summed E-state index contributed by atoms with van der Waals surface area (Å²) >= 11 is 0. The van der Waals surface area contributed by atoms with Gasteiger partial charge in [0.1, 0.15) is 0 Å². The van der Waals surface area contributed by atoms with E-state index in [2.05, 4.69) is 5.22 Å². The zero-order valence-corrected chi connectivity index (χ0v) is 9.76. The Morgan fingerprint density at radius 2 is 1.93 bits per heavy atom. The number of hydrogen-bond acceptors (Lipinski definition) is 3. The van der Waals surface area contributed by atoms with E-state index in [1.807, 2.05) is 34.6 Å². The van der Waals surface area contributed by atoms with Crippen LogP contribution in [0.2, 0.25) is 0 Å². The van der Waals surface area contributed by atoms with Crippen LogP contribution in [-0.4, -0.2) is 16.7 Å². The monoisotopic (exact) mass is 199 g/mol. The van der Waals surface area contributed by atoms with Crippen LogP contribution in [0, 0.1) is 10.9 Å². The maximum Gasteiger partial charge on any atom is 0.208 e. The minimum atomic E-state index is -0.0965. The van der Waals surface area contributed by atoms with Crippen LogP contribution < -0.4 is 0 Å². The lowest BCUT2D eigenvalue weighted by Crippen LogP contribution is -2.22. The smallest absolute Gasteiger partial charge is 0.208 e. The summed E-state index contributed by atoms with van der Waals surface area (Å²) in [4.78, 5) is 0. The van der Waals surface area contributed by atoms with Crippen molar-refractivity contribution in [1.82, 2.24) is 5.01 Å². The first-order chi connectivity index (χ1) is 6.34. The zero-order chi connectivity index (χ0) is 11.4. The normalized spacial score (nSPS) is 13.5. The Morgan fingerprint density at radius 3 is 2.21 bits per heavy atom. The molecular weight excluding hydrogens is 178 g/mol. The van der Waals surface area contributed by atoms with Crippen molar-refractivity contribution in [1.29, 1.82) is 5.53 Å². The molecular formula is C10H21N3O. The van der Waals surface area contributed by atoms with Crippen LogP contribution in [0.4, 0.5) is 0 Å². The Balaban J connectivity index is 4.86. The molecule has 0 rings (SSSR count). The molecule has 0 radical (unpaired) electrons. The van der Waals surface area contributed by atoms with Crippen molar-refractivity contribution in [2.24, 2.45) is 10.6 Å². The van der Waals surface area contributed by atoms with Crippen LogP contribution >= 0.6 is 0 Å². The zero-order valence-electron chi connectivity index (χ0n) is 9.76. The first-order valence-electron chi connectivity index (χ1n) is 4.89. The van der Waals surface area contributed by atoms with Crippen molar-refractivity contribution in [3.05, 3.63) is 11.5 Å². The van der Waals surface area contributed by atoms with Gasteiger partial charge in [0.2, 0.25) is 5.88 Å². The van der Waals surface area contributed by atoms with Crippen LogP contribution in [-0.2, 0) is 0 Å². The fourth-order valence-corrected chi connectivity index (χ4v) is 0.944. The molecule has 14 heavy (non-hydrogen) atoms. The number of nitrogens with zero attached hydrogens (tertiary/aromatic N) is 2. The van der Waals surface area contributed by atoms with Crippen LogP contribution in [0.5, 0.6) is 0 Å². The second-order valence-electron chi connectivity index (χ2n) is 4.42. The molecule has 2 N–H and O–H groups in total. The van der Waals surface area contributed by atoms with Gasteiger partial charge >= 0.3 is 0 Å². The van der Waals surface area contributed by atoms with Crippen molar-refractivity contribution in [2.45, 2.75) is 41.0 Å². The molecule has 0 aliphatic carbocycles. The average molecular weight is 199 g/mol. The molecule has 0 spiro atoms. The molecule has 0 aromatic carbocycles. The average Bonchev–Trinajstić information content (AvgIpc) is 2.10. The molecule has 0 unspecified atom stereocenters. The minimum absolute atomic E-state index is 0.0965. The quantitative estimate of drug-likeness (QED) is 0.413. The lowest BCUT2D eigenvalue weighted by molar-refractivity contribution is 0.178. The van der Waals surface area contributed by atoms with Crippen LogP contribution in [0.15, 0.2) is 16.7 Å². The lowest BCUT2D eigenvalue weighted by atomic mass is 9.88. The predicted octanol–water partition coefficient (Wildman–Crippen LogP) is 3.48. The molecule has 0 aliphatic rings. The summed E-state index contributed by atoms with van der Waals surface area (Å²) in [5.41, 5.74) is 7.70. The molecule has 4 heteroatoms. The van der Waals surface area contributed by atoms with E-state index >= 15 is 0 Å². The second-order valence-corrected chi connectivity index (χ2v) is 4.42. The predicted molar refractivity (Wildman–Crippen MR) is 56.9 cm³/mol. The van der Waals surface area contributed by atoms with E-state index in [0.29, 0.717) is 6.54 Å². The van der Waals surface area contributed by atoms with Crippen LogP contribution in [0.1, 0.15) is 41.0 Å². The number of aliphatic hydroxyl groups excluding tert-OH is 1. The summed E-state index contributed by atoms with van der Waals surface area (Å²) in [5.74, 6) is 0.106. The molecule has 0 saturated carbocycles. The largest absolute Gasteiger partial charge is 0.493 e. The highest BCUT2D eigenvalue weighted by molar-refractivity contribution is 5.10.